The highest BCUT2D eigenvalue weighted by molar-refractivity contribution is 7.92. The first-order valence-electron chi connectivity index (χ1n) is 16.8. The first kappa shape index (κ1) is 54.2. The number of hydrogen-bond acceptors (Lipinski definition) is 28. The molecule has 38 heteroatoms. The second kappa shape index (κ2) is 21.3. The Bertz CT molecular complexity index is 3540. The molecule has 0 saturated heterocycles. The van der Waals surface area contributed by atoms with Crippen molar-refractivity contribution in [3.05, 3.63) is 85.8 Å². The van der Waals surface area contributed by atoms with Gasteiger partial charge in [0.05, 0.1) is 53.0 Å². The number of nitrogens with one attached hydrogen (secondary N) is 2. The summed E-state index contributed by atoms with van der Waals surface area (Å²) in [4.78, 5) is 22.3. The first-order chi connectivity index (χ1) is 30.9. The van der Waals surface area contributed by atoms with Crippen LogP contribution in [0.3, 0.4) is 0 Å². The lowest BCUT2D eigenvalue weighted by Crippen LogP contribution is -2.48. The fourth-order valence-corrected chi connectivity index (χ4v) is 9.96. The molecule has 4 rings (SSSR count). The third-order valence-electron chi connectivity index (χ3n) is 7.89. The van der Waals surface area contributed by atoms with E-state index < -0.39 is 160 Å². The number of anilines is 2. The van der Waals surface area contributed by atoms with Crippen LogP contribution in [0.4, 0.5) is 22.7 Å². The van der Waals surface area contributed by atoms with Crippen molar-refractivity contribution < 1.29 is 102 Å². The van der Waals surface area contributed by atoms with E-state index in [0.29, 0.717) is 30.3 Å². The van der Waals surface area contributed by atoms with Crippen LogP contribution in [0.2, 0.25) is 0 Å². The molecule has 0 spiro atoms. The number of nitrogens with zero attached hydrogens (tertiary/aromatic N) is 4. The maximum atomic E-state index is 13.7. The first-order valence-corrected chi connectivity index (χ1v) is 26.4. The third kappa shape index (κ3) is 14.3. The van der Waals surface area contributed by atoms with Crippen LogP contribution in [0.25, 0.3) is 0 Å². The number of azo groups is 1. The van der Waals surface area contributed by atoms with Crippen LogP contribution in [-0.4, -0.2) is 111 Å². The van der Waals surface area contributed by atoms with Gasteiger partial charge in [0.25, 0.3) is 30.4 Å². The van der Waals surface area contributed by atoms with Crippen molar-refractivity contribution in [1.29, 1.82) is 0 Å². The van der Waals surface area contributed by atoms with Crippen molar-refractivity contribution >= 4 is 95.5 Å². The Labute approximate surface area is 380 Å². The Morgan fingerprint density at radius 2 is 1.13 bits per heavy atom. The summed E-state index contributed by atoms with van der Waals surface area (Å²) in [6, 6.07) is 6.22. The van der Waals surface area contributed by atoms with E-state index in [-0.39, 0.29) is 18.1 Å². The van der Waals surface area contributed by atoms with Gasteiger partial charge in [0, 0.05) is 6.07 Å². The molecule has 366 valence electrons. The largest absolute Gasteiger partial charge is 0.504 e. The Morgan fingerprint density at radius 3 is 1.67 bits per heavy atom. The molecule has 0 heterocycles. The average molecular weight is 1090 g/mol. The molecular weight excluding hydrogens is 1060 g/mol. The van der Waals surface area contributed by atoms with Crippen LogP contribution < -0.4 is 37.2 Å². The van der Waals surface area contributed by atoms with Crippen molar-refractivity contribution in [2.45, 2.75) is 24.5 Å². The maximum absolute atomic E-state index is 13.7. The lowest BCUT2D eigenvalue weighted by atomic mass is 10.2. The van der Waals surface area contributed by atoms with Gasteiger partial charge in [-0.25, -0.2) is 26.3 Å². The van der Waals surface area contributed by atoms with Gasteiger partial charge in [-0.1, -0.05) is 5.04 Å². The van der Waals surface area contributed by atoms with E-state index in [0.717, 1.165) is 31.4 Å². The fourth-order valence-electron chi connectivity index (χ4n) is 4.90. The Balaban J connectivity index is 1.96. The van der Waals surface area contributed by atoms with E-state index in [9.17, 15) is 78.9 Å². The lowest BCUT2D eigenvalue weighted by molar-refractivity contribution is -0.434. The summed E-state index contributed by atoms with van der Waals surface area (Å²) in [6.07, 6.45) is 0. The molecule has 0 radical (unpaired) electrons. The monoisotopic (exact) mass is 1080 g/mol. The van der Waals surface area contributed by atoms with Crippen LogP contribution in [0.5, 0.6) is 11.5 Å². The molecule has 0 aliphatic carbocycles. The molecule has 31 nitrogen and oxygen atoms in total. The van der Waals surface area contributed by atoms with Crippen LogP contribution >= 0.6 is 12.3 Å². The number of methoxy groups -OCH3 is 1. The van der Waals surface area contributed by atoms with E-state index >= 15 is 0 Å². The van der Waals surface area contributed by atoms with E-state index in [1.807, 2.05) is 10.9 Å². The van der Waals surface area contributed by atoms with E-state index in [1.54, 1.807) is 0 Å². The van der Waals surface area contributed by atoms with Crippen molar-refractivity contribution in [3.63, 3.8) is 0 Å². The average Bonchev–Trinajstić information content (AvgIpc) is 3.21. The molecule has 0 aliphatic rings. The number of hydrogen-bond donors (Lipinski definition) is 8. The molecule has 0 aliphatic heterocycles. The number of rotatable bonds is 22. The van der Waals surface area contributed by atoms with Gasteiger partial charge in [-0.05, 0) is 48.5 Å². The van der Waals surface area contributed by atoms with Gasteiger partial charge >= 0.3 is 10.4 Å². The summed E-state index contributed by atoms with van der Waals surface area (Å²) in [5.74, 6) is -3.73. The summed E-state index contributed by atoms with van der Waals surface area (Å²) in [5.41, 5.74) is -3.29. The summed E-state index contributed by atoms with van der Waals surface area (Å²) >= 11 is 0.0167. The topological polar surface area (TPSA) is 480 Å². The minimum absolute atomic E-state index is 0.0167. The van der Waals surface area contributed by atoms with Crippen LogP contribution in [0, 0.1) is 0 Å². The lowest BCUT2D eigenvalue weighted by Gasteiger charge is -2.10. The van der Waals surface area contributed by atoms with Gasteiger partial charge in [0.2, 0.25) is 10.9 Å². The van der Waals surface area contributed by atoms with Crippen molar-refractivity contribution in [3.8, 4) is 11.5 Å². The zero-order valence-electron chi connectivity index (χ0n) is 32.6. The fraction of sp³-hybridized carbons (Fsp3) is 0.172. The molecule has 67 heavy (non-hydrogen) atoms. The van der Waals surface area contributed by atoms with E-state index in [2.05, 4.69) is 38.2 Å². The highest BCUT2D eigenvalue weighted by atomic mass is 32.3. The molecule has 0 saturated carbocycles. The SMILES string of the molecule is COc1ccc(N/N=c2/c(=O)c(N=Nc3ccc(S(=O)(=O)CCOSOOO)cc3S(=O)(=O)O)c(O)/c(=N\Nc3ccc(S(=O)(=O)CCOS(=O)(=O)O)cc3S(=O)(=O)O)c2=O)c(S(=O)(=O)O)c1. The zero-order chi connectivity index (χ0) is 50.3. The number of sulfone groups is 2. The minimum atomic E-state index is -5.46. The normalized spacial score (nSPS) is 13.6. The molecule has 4 aromatic carbocycles. The molecule has 8 N–H and O–H groups in total. The predicted octanol–water partition coefficient (Wildman–Crippen LogP) is -0.624. The summed E-state index contributed by atoms with van der Waals surface area (Å²) in [5, 5.41) is 33.8. The number of phenols is 1. The van der Waals surface area contributed by atoms with Crippen molar-refractivity contribution in [1.82, 2.24) is 0 Å². The zero-order valence-corrected chi connectivity index (χ0v) is 38.3. The maximum Gasteiger partial charge on any atom is 0.397 e. The molecule has 0 amide bonds. The quantitative estimate of drug-likeness (QED) is 0.0121. The van der Waals surface area contributed by atoms with Crippen LogP contribution in [0.1, 0.15) is 0 Å². The Kier molecular flexibility index (Phi) is 17.2. The molecule has 0 atom stereocenters. The van der Waals surface area contributed by atoms with Gasteiger partial charge in [-0.3, -0.25) is 42.8 Å². The highest BCUT2D eigenvalue weighted by Crippen LogP contribution is 2.31. The smallest absolute Gasteiger partial charge is 0.397 e. The molecule has 0 aromatic heterocycles. The second-order valence-electron chi connectivity index (χ2n) is 12.2. The minimum Gasteiger partial charge on any atom is -0.504 e. The summed E-state index contributed by atoms with van der Waals surface area (Å²) in [7, 11) is -29.1. The van der Waals surface area contributed by atoms with Gasteiger partial charge in [0.1, 0.15) is 26.1 Å². The molecule has 0 bridgehead atoms. The molecule has 0 fully saturated rings. The number of aromatic hydroxyl groups is 1. The third-order valence-corrected chi connectivity index (χ3v) is 14.8. The van der Waals surface area contributed by atoms with Gasteiger partial charge in [0.15, 0.2) is 54.1 Å². The number of benzene rings is 4. The molecule has 4 aromatic rings. The summed E-state index contributed by atoms with van der Waals surface area (Å²) < 4.78 is 202. The standard InChI is InChI=1S/C29H28N6O25S7/c1-56-15-2-5-18(21(12-15)64(44,45)46)30-33-24-27(36)25(34-31-19-6-3-16(13-22(19)65(47,48)49)62(40,41)10-8-57-61-60-59-39)29(38)26(28(24)37)35-32-20-7-4-17(14-23(20)66(50,51)52)63(42,43)11-9-58-67(53,54)55/h2-7,12-14,30,32,38-39H,8-11H2,1H3,(H,44,45,46)(H,47,48,49)(H,50,51,52)(H,53,54,55)/b33-24-,34-31?,35-26-. The molecule has 0 unspecified atom stereocenters. The second-order valence-corrected chi connectivity index (χ2v) is 22.2. The Morgan fingerprint density at radius 1 is 0.627 bits per heavy atom. The van der Waals surface area contributed by atoms with Gasteiger partial charge in [-0.2, -0.15) is 43.9 Å². The predicted molar refractivity (Wildman–Crippen MR) is 221 cm³/mol. The van der Waals surface area contributed by atoms with Gasteiger partial charge < -0.3 is 9.84 Å². The van der Waals surface area contributed by atoms with Crippen molar-refractivity contribution in [2.75, 3.05) is 42.7 Å². The Hall–Kier alpha value is -5.43. The number of ether oxygens (including phenoxy) is 1. The van der Waals surface area contributed by atoms with Gasteiger partial charge in [-0.15, -0.1) is 14.6 Å². The summed E-state index contributed by atoms with van der Waals surface area (Å²) in [6.45, 7) is -1.79. The highest BCUT2D eigenvalue weighted by Gasteiger charge is 2.26. The van der Waals surface area contributed by atoms with E-state index in [4.69, 9.17) is 14.5 Å². The van der Waals surface area contributed by atoms with E-state index in [1.165, 1.54) is 0 Å². The molecular formula is C29H28N6O25S7. The number of phenolic OH excluding ortho intramolecular Hbond substituents is 1. The van der Waals surface area contributed by atoms with Crippen LogP contribution in [0.15, 0.2) is 109 Å². The van der Waals surface area contributed by atoms with Crippen LogP contribution in [-0.2, 0) is 78.2 Å². The van der Waals surface area contributed by atoms with Crippen molar-refractivity contribution in [2.24, 2.45) is 20.4 Å².